The summed E-state index contributed by atoms with van der Waals surface area (Å²) >= 11 is 0. The van der Waals surface area contributed by atoms with Gasteiger partial charge in [-0.15, -0.1) is 0 Å². The Morgan fingerprint density at radius 1 is 1.33 bits per heavy atom. The van der Waals surface area contributed by atoms with Gasteiger partial charge in [0.15, 0.2) is 0 Å². The molecule has 1 heterocycles. The van der Waals surface area contributed by atoms with Crippen molar-refractivity contribution in [3.8, 4) is 11.8 Å². The largest absolute Gasteiger partial charge is 0.492 e. The van der Waals surface area contributed by atoms with Crippen LogP contribution in [0.1, 0.15) is 38.7 Å². The minimum absolute atomic E-state index is 0.112. The molecule has 6 heteroatoms. The summed E-state index contributed by atoms with van der Waals surface area (Å²) in [6.45, 7) is 8.64. The Hall–Kier alpha value is -2.10. The molecule has 1 saturated heterocycles. The topological polar surface area (TPSA) is 74.6 Å². The van der Waals surface area contributed by atoms with Crippen molar-refractivity contribution in [3.63, 3.8) is 0 Å². The van der Waals surface area contributed by atoms with Gasteiger partial charge in [-0.2, -0.15) is 5.26 Å². The number of nitrogens with zero attached hydrogens (tertiary/aromatic N) is 2. The minimum atomic E-state index is 0.112. The highest BCUT2D eigenvalue weighted by Crippen LogP contribution is 2.18. The maximum atomic E-state index is 12.2. The van der Waals surface area contributed by atoms with Crippen LogP contribution in [0.25, 0.3) is 0 Å². The van der Waals surface area contributed by atoms with Gasteiger partial charge in [-0.05, 0) is 64.4 Å². The molecule has 0 saturated carbocycles. The molecule has 1 N–H and O–H groups in total. The molecule has 1 fully saturated rings. The molecule has 27 heavy (non-hydrogen) atoms. The minimum Gasteiger partial charge on any atom is -0.492 e. The predicted octanol–water partition coefficient (Wildman–Crippen LogP) is 2.58. The molecule has 1 aliphatic rings. The molecule has 0 spiro atoms. The summed E-state index contributed by atoms with van der Waals surface area (Å²) < 4.78 is 11.2. The van der Waals surface area contributed by atoms with Gasteiger partial charge in [0, 0.05) is 25.6 Å². The summed E-state index contributed by atoms with van der Waals surface area (Å²) in [4.78, 5) is 14.6. The summed E-state index contributed by atoms with van der Waals surface area (Å²) in [5, 5.41) is 11.9. The van der Waals surface area contributed by atoms with Crippen molar-refractivity contribution in [3.05, 3.63) is 29.8 Å². The number of likely N-dealkylation sites (tertiary alicyclic amines) is 1. The van der Waals surface area contributed by atoms with Crippen molar-refractivity contribution in [2.45, 2.75) is 39.2 Å². The van der Waals surface area contributed by atoms with E-state index in [1.165, 1.54) is 0 Å². The number of benzene rings is 1. The van der Waals surface area contributed by atoms with E-state index >= 15 is 0 Å². The second-order valence-corrected chi connectivity index (χ2v) is 7.17. The Morgan fingerprint density at radius 2 is 2.11 bits per heavy atom. The van der Waals surface area contributed by atoms with E-state index in [4.69, 9.17) is 14.7 Å². The number of carbonyl (C=O) groups excluding carboxylic acids is 1. The standard InChI is InChI=1S/C21H31N3O3/c1-17(2)26-13-4-9-23-21(25)19-7-10-24(11-8-19)12-14-27-20-6-3-5-18(15-20)16-22/h3,5-6,15,17,19H,4,7-14H2,1-2H3,(H,23,25). The van der Waals surface area contributed by atoms with Gasteiger partial charge in [0.1, 0.15) is 12.4 Å². The summed E-state index contributed by atoms with van der Waals surface area (Å²) in [6, 6.07) is 9.32. The normalized spacial score (nSPS) is 15.5. The molecule has 6 nitrogen and oxygen atoms in total. The van der Waals surface area contributed by atoms with Crippen molar-refractivity contribution in [2.75, 3.05) is 39.4 Å². The first kappa shape index (κ1) is 21.2. The van der Waals surface area contributed by atoms with Crippen molar-refractivity contribution in [1.29, 1.82) is 5.26 Å². The lowest BCUT2D eigenvalue weighted by Crippen LogP contribution is -2.42. The molecule has 0 aliphatic carbocycles. The second kappa shape index (κ2) is 11.6. The first-order valence-electron chi connectivity index (χ1n) is 9.83. The molecular weight excluding hydrogens is 342 g/mol. The van der Waals surface area contributed by atoms with Crippen LogP contribution in [-0.2, 0) is 9.53 Å². The van der Waals surface area contributed by atoms with E-state index in [1.807, 2.05) is 26.0 Å². The number of rotatable bonds is 10. The van der Waals surface area contributed by atoms with Gasteiger partial charge in [0.2, 0.25) is 5.91 Å². The monoisotopic (exact) mass is 373 g/mol. The fourth-order valence-corrected chi connectivity index (χ4v) is 3.11. The van der Waals surface area contributed by atoms with E-state index in [9.17, 15) is 4.79 Å². The van der Waals surface area contributed by atoms with Crippen LogP contribution in [0.4, 0.5) is 0 Å². The predicted molar refractivity (Wildman–Crippen MR) is 105 cm³/mol. The van der Waals surface area contributed by atoms with Crippen LogP contribution < -0.4 is 10.1 Å². The van der Waals surface area contributed by atoms with E-state index in [-0.39, 0.29) is 17.9 Å². The van der Waals surface area contributed by atoms with Gasteiger partial charge in [-0.3, -0.25) is 9.69 Å². The van der Waals surface area contributed by atoms with Crippen LogP contribution in [0, 0.1) is 17.2 Å². The number of carbonyl (C=O) groups is 1. The van der Waals surface area contributed by atoms with Gasteiger partial charge >= 0.3 is 0 Å². The SMILES string of the molecule is CC(C)OCCCNC(=O)C1CCN(CCOc2cccc(C#N)c2)CC1. The molecule has 0 radical (unpaired) electrons. The molecule has 0 atom stereocenters. The molecule has 1 aromatic rings. The maximum absolute atomic E-state index is 12.2. The lowest BCUT2D eigenvalue weighted by atomic mass is 9.96. The highest BCUT2D eigenvalue weighted by molar-refractivity contribution is 5.78. The number of hydrogen-bond donors (Lipinski definition) is 1. The molecule has 1 aromatic carbocycles. The van der Waals surface area contributed by atoms with Crippen molar-refractivity contribution < 1.29 is 14.3 Å². The number of hydrogen-bond acceptors (Lipinski definition) is 5. The zero-order chi connectivity index (χ0) is 19.5. The van der Waals surface area contributed by atoms with E-state index in [0.29, 0.717) is 25.3 Å². The number of ether oxygens (including phenoxy) is 2. The Balaban J connectivity index is 1.58. The van der Waals surface area contributed by atoms with Gasteiger partial charge in [-0.1, -0.05) is 6.07 Å². The van der Waals surface area contributed by atoms with Crippen molar-refractivity contribution in [2.24, 2.45) is 5.92 Å². The molecular formula is C21H31N3O3. The molecule has 2 rings (SSSR count). The molecule has 0 bridgehead atoms. The summed E-state index contributed by atoms with van der Waals surface area (Å²) in [7, 11) is 0. The summed E-state index contributed by atoms with van der Waals surface area (Å²) in [5.41, 5.74) is 0.607. The molecule has 1 amide bonds. The van der Waals surface area contributed by atoms with E-state index in [2.05, 4.69) is 16.3 Å². The maximum Gasteiger partial charge on any atom is 0.223 e. The number of nitrogens with one attached hydrogen (secondary N) is 1. The van der Waals surface area contributed by atoms with Crippen LogP contribution >= 0.6 is 0 Å². The smallest absolute Gasteiger partial charge is 0.223 e. The van der Waals surface area contributed by atoms with Gasteiger partial charge < -0.3 is 14.8 Å². The highest BCUT2D eigenvalue weighted by Gasteiger charge is 2.24. The Morgan fingerprint density at radius 3 is 2.81 bits per heavy atom. The number of amides is 1. The van der Waals surface area contributed by atoms with Crippen LogP contribution in [0.15, 0.2) is 24.3 Å². The van der Waals surface area contributed by atoms with E-state index < -0.39 is 0 Å². The fraction of sp³-hybridized carbons (Fsp3) is 0.619. The zero-order valence-electron chi connectivity index (χ0n) is 16.4. The van der Waals surface area contributed by atoms with Crippen molar-refractivity contribution in [1.82, 2.24) is 10.2 Å². The Kier molecular flexibility index (Phi) is 9.09. The van der Waals surface area contributed by atoms with Crippen LogP contribution in [0.3, 0.4) is 0 Å². The van der Waals surface area contributed by atoms with E-state index in [1.54, 1.807) is 12.1 Å². The van der Waals surface area contributed by atoms with Crippen LogP contribution in [0.2, 0.25) is 0 Å². The van der Waals surface area contributed by atoms with Crippen LogP contribution in [-0.4, -0.2) is 56.3 Å². The molecule has 0 unspecified atom stereocenters. The third-order valence-corrected chi connectivity index (χ3v) is 4.67. The Bertz CT molecular complexity index is 619. The first-order valence-corrected chi connectivity index (χ1v) is 9.83. The average Bonchev–Trinajstić information content (AvgIpc) is 2.68. The number of nitriles is 1. The third-order valence-electron chi connectivity index (χ3n) is 4.67. The quantitative estimate of drug-likeness (QED) is 0.638. The Labute approximate surface area is 162 Å². The molecule has 148 valence electrons. The zero-order valence-corrected chi connectivity index (χ0v) is 16.4. The van der Waals surface area contributed by atoms with Gasteiger partial charge in [0.25, 0.3) is 0 Å². The summed E-state index contributed by atoms with van der Waals surface area (Å²) in [5.74, 6) is 1.01. The summed E-state index contributed by atoms with van der Waals surface area (Å²) in [6.07, 6.45) is 2.87. The van der Waals surface area contributed by atoms with Crippen molar-refractivity contribution >= 4 is 5.91 Å². The highest BCUT2D eigenvalue weighted by atomic mass is 16.5. The average molecular weight is 373 g/mol. The lowest BCUT2D eigenvalue weighted by molar-refractivity contribution is -0.126. The van der Waals surface area contributed by atoms with Gasteiger partial charge in [0.05, 0.1) is 17.7 Å². The lowest BCUT2D eigenvalue weighted by Gasteiger charge is -2.31. The fourth-order valence-electron chi connectivity index (χ4n) is 3.11. The van der Waals surface area contributed by atoms with Gasteiger partial charge in [-0.25, -0.2) is 0 Å². The molecule has 1 aliphatic heterocycles. The number of piperidine rings is 1. The molecule has 0 aromatic heterocycles. The third kappa shape index (κ3) is 7.98. The first-order chi connectivity index (χ1) is 13.1. The van der Waals surface area contributed by atoms with E-state index in [0.717, 1.165) is 44.6 Å². The second-order valence-electron chi connectivity index (χ2n) is 7.17. The van der Waals surface area contributed by atoms with Crippen LogP contribution in [0.5, 0.6) is 5.75 Å².